The maximum Gasteiger partial charge on any atom is 0.228 e. The van der Waals surface area contributed by atoms with E-state index in [1.54, 1.807) is 10.9 Å². The zero-order valence-corrected chi connectivity index (χ0v) is 18.1. The molecule has 1 aliphatic rings. The van der Waals surface area contributed by atoms with Crippen LogP contribution in [0, 0.1) is 17.8 Å². The van der Waals surface area contributed by atoms with Gasteiger partial charge < -0.3 is 10.4 Å². The van der Waals surface area contributed by atoms with Crippen LogP contribution in [-0.2, 0) is 11.3 Å². The molecule has 2 aromatic carbocycles. The second kappa shape index (κ2) is 10.8. The van der Waals surface area contributed by atoms with Crippen molar-refractivity contribution < 1.29 is 9.90 Å². The molecule has 2 N–H and O–H groups in total. The van der Waals surface area contributed by atoms with Crippen LogP contribution < -0.4 is 5.32 Å². The first-order chi connectivity index (χ1) is 15.7. The van der Waals surface area contributed by atoms with Crippen molar-refractivity contribution >= 4 is 11.6 Å². The van der Waals surface area contributed by atoms with Gasteiger partial charge in [0.1, 0.15) is 0 Å². The van der Waals surface area contributed by atoms with Gasteiger partial charge in [-0.2, -0.15) is 5.10 Å². The van der Waals surface area contributed by atoms with Crippen LogP contribution in [-0.4, -0.2) is 45.4 Å². The number of amides is 1. The standard InChI is InChI=1S/C26H28N4O2/c31-17-2-1-6-21-10-12-22(13-11-21)19-29-15-4-7-23(20-29)26(32)28-24-8-3-9-25(18-24)30-16-5-14-27-30/h3,5,8-14,16,18,23,31H,2,4,7,15,17,19-20H2,(H,28,32)/t23-/m1/s1. The number of hydrogen-bond acceptors (Lipinski definition) is 4. The number of aliphatic hydroxyl groups excluding tert-OH is 1. The SMILES string of the molecule is O=C(Nc1cccc(-n2cccn2)c1)[C@@H]1CCCN(Cc2ccc(C#CCCO)cc2)C1. The summed E-state index contributed by atoms with van der Waals surface area (Å²) in [6.45, 7) is 2.66. The van der Waals surface area contributed by atoms with Crippen molar-refractivity contribution in [2.45, 2.75) is 25.8 Å². The summed E-state index contributed by atoms with van der Waals surface area (Å²) in [4.78, 5) is 15.3. The Morgan fingerprint density at radius 3 is 2.84 bits per heavy atom. The Morgan fingerprint density at radius 1 is 1.19 bits per heavy atom. The molecule has 164 valence electrons. The minimum atomic E-state index is -0.0271. The van der Waals surface area contributed by atoms with E-state index in [1.165, 1.54) is 5.56 Å². The van der Waals surface area contributed by atoms with Gasteiger partial charge >= 0.3 is 0 Å². The van der Waals surface area contributed by atoms with Gasteiger partial charge in [0.2, 0.25) is 5.91 Å². The third kappa shape index (κ3) is 5.85. The molecular weight excluding hydrogens is 400 g/mol. The molecule has 1 amide bonds. The smallest absolute Gasteiger partial charge is 0.228 e. The summed E-state index contributed by atoms with van der Waals surface area (Å²) in [5, 5.41) is 16.2. The fourth-order valence-corrected chi connectivity index (χ4v) is 3.98. The molecule has 0 bridgehead atoms. The Bertz CT molecular complexity index is 1080. The summed E-state index contributed by atoms with van der Waals surface area (Å²) in [6, 6.07) is 17.8. The van der Waals surface area contributed by atoms with Gasteiger partial charge in [0.25, 0.3) is 0 Å². The Labute approximate surface area is 188 Å². The normalized spacial score (nSPS) is 16.2. The Balaban J connectivity index is 1.33. The summed E-state index contributed by atoms with van der Waals surface area (Å²) in [5.41, 5.74) is 3.88. The number of rotatable bonds is 6. The molecular formula is C26H28N4O2. The lowest BCUT2D eigenvalue weighted by atomic mass is 9.96. The van der Waals surface area contributed by atoms with Crippen LogP contribution >= 0.6 is 0 Å². The summed E-state index contributed by atoms with van der Waals surface area (Å²) < 4.78 is 1.78. The lowest BCUT2D eigenvalue weighted by Gasteiger charge is -2.32. The van der Waals surface area contributed by atoms with E-state index in [0.717, 1.165) is 49.4 Å². The van der Waals surface area contributed by atoms with Gasteiger partial charge in [0.15, 0.2) is 0 Å². The molecule has 3 aromatic rings. The lowest BCUT2D eigenvalue weighted by molar-refractivity contribution is -0.121. The van der Waals surface area contributed by atoms with E-state index in [0.29, 0.717) is 6.42 Å². The van der Waals surface area contributed by atoms with Crippen LogP contribution in [0.4, 0.5) is 5.69 Å². The molecule has 0 aliphatic carbocycles. The molecule has 0 spiro atoms. The first kappa shape index (κ1) is 21.8. The third-order valence-corrected chi connectivity index (χ3v) is 5.59. The number of aromatic nitrogens is 2. The second-order valence-electron chi connectivity index (χ2n) is 8.04. The van der Waals surface area contributed by atoms with Gasteiger partial charge in [-0.1, -0.05) is 30.0 Å². The molecule has 2 heterocycles. The molecule has 0 unspecified atom stereocenters. The molecule has 1 aromatic heterocycles. The van der Waals surface area contributed by atoms with Crippen molar-refractivity contribution in [1.29, 1.82) is 0 Å². The van der Waals surface area contributed by atoms with Crippen LogP contribution in [0.3, 0.4) is 0 Å². The molecule has 6 heteroatoms. The first-order valence-corrected chi connectivity index (χ1v) is 11.0. The van der Waals surface area contributed by atoms with Crippen molar-refractivity contribution in [2.24, 2.45) is 5.92 Å². The van der Waals surface area contributed by atoms with Crippen molar-refractivity contribution in [3.8, 4) is 17.5 Å². The lowest BCUT2D eigenvalue weighted by Crippen LogP contribution is -2.40. The van der Waals surface area contributed by atoms with E-state index < -0.39 is 0 Å². The molecule has 0 saturated carbocycles. The van der Waals surface area contributed by atoms with Crippen molar-refractivity contribution in [3.63, 3.8) is 0 Å². The second-order valence-corrected chi connectivity index (χ2v) is 8.04. The summed E-state index contributed by atoms with van der Waals surface area (Å²) in [5.74, 6) is 6.04. The van der Waals surface area contributed by atoms with Crippen molar-refractivity contribution in [1.82, 2.24) is 14.7 Å². The topological polar surface area (TPSA) is 70.4 Å². The number of carbonyl (C=O) groups excluding carboxylic acids is 1. The van der Waals surface area contributed by atoms with Crippen LogP contribution in [0.5, 0.6) is 0 Å². The Hall–Kier alpha value is -3.40. The molecule has 1 aliphatic heterocycles. The van der Waals surface area contributed by atoms with E-state index in [4.69, 9.17) is 5.11 Å². The summed E-state index contributed by atoms with van der Waals surface area (Å²) in [6.07, 6.45) is 6.03. The van der Waals surface area contributed by atoms with E-state index in [1.807, 2.05) is 48.7 Å². The van der Waals surface area contributed by atoms with Gasteiger partial charge in [0.05, 0.1) is 18.2 Å². The van der Waals surface area contributed by atoms with Gasteiger partial charge in [-0.3, -0.25) is 9.69 Å². The molecule has 1 fully saturated rings. The van der Waals surface area contributed by atoms with Crippen LogP contribution in [0.25, 0.3) is 5.69 Å². The highest BCUT2D eigenvalue weighted by Crippen LogP contribution is 2.21. The molecule has 1 atom stereocenters. The zero-order chi connectivity index (χ0) is 22.2. The number of aliphatic hydroxyl groups is 1. The van der Waals surface area contributed by atoms with Crippen molar-refractivity contribution in [2.75, 3.05) is 25.0 Å². The predicted molar refractivity (Wildman–Crippen MR) is 125 cm³/mol. The monoisotopic (exact) mass is 428 g/mol. The Morgan fingerprint density at radius 2 is 2.06 bits per heavy atom. The number of nitrogens with zero attached hydrogens (tertiary/aromatic N) is 3. The number of anilines is 1. The fourth-order valence-electron chi connectivity index (χ4n) is 3.98. The van der Waals surface area contributed by atoms with E-state index in [9.17, 15) is 4.79 Å². The van der Waals surface area contributed by atoms with Gasteiger partial charge in [-0.15, -0.1) is 0 Å². The third-order valence-electron chi connectivity index (χ3n) is 5.59. The molecule has 0 radical (unpaired) electrons. The van der Waals surface area contributed by atoms with E-state index in [-0.39, 0.29) is 18.4 Å². The number of nitrogens with one attached hydrogen (secondary N) is 1. The maximum absolute atomic E-state index is 12.9. The van der Waals surface area contributed by atoms with Gasteiger partial charge in [0, 0.05) is 43.2 Å². The molecule has 4 rings (SSSR count). The number of hydrogen-bond donors (Lipinski definition) is 2. The van der Waals surface area contributed by atoms with Gasteiger partial charge in [-0.05, 0) is 61.3 Å². The summed E-state index contributed by atoms with van der Waals surface area (Å²) >= 11 is 0. The zero-order valence-electron chi connectivity index (χ0n) is 18.1. The quantitative estimate of drug-likeness (QED) is 0.590. The first-order valence-electron chi connectivity index (χ1n) is 11.0. The number of carbonyl (C=O) groups is 1. The minimum Gasteiger partial charge on any atom is -0.395 e. The van der Waals surface area contributed by atoms with E-state index in [2.05, 4.69) is 39.3 Å². The minimum absolute atomic E-state index is 0.0271. The largest absolute Gasteiger partial charge is 0.395 e. The Kier molecular flexibility index (Phi) is 7.34. The average Bonchev–Trinajstić information content (AvgIpc) is 3.36. The van der Waals surface area contributed by atoms with Crippen molar-refractivity contribution in [3.05, 3.63) is 78.1 Å². The molecule has 1 saturated heterocycles. The number of likely N-dealkylation sites (tertiary alicyclic amines) is 1. The highest BCUT2D eigenvalue weighted by atomic mass is 16.2. The van der Waals surface area contributed by atoms with Gasteiger partial charge in [-0.25, -0.2) is 4.68 Å². The van der Waals surface area contributed by atoms with E-state index >= 15 is 0 Å². The molecule has 6 nitrogen and oxygen atoms in total. The van der Waals surface area contributed by atoms with Crippen LogP contribution in [0.2, 0.25) is 0 Å². The highest BCUT2D eigenvalue weighted by Gasteiger charge is 2.26. The fraction of sp³-hybridized carbons (Fsp3) is 0.308. The predicted octanol–water partition coefficient (Wildman–Crippen LogP) is 3.46. The number of benzene rings is 2. The maximum atomic E-state index is 12.9. The molecule has 32 heavy (non-hydrogen) atoms. The highest BCUT2D eigenvalue weighted by molar-refractivity contribution is 5.93. The van der Waals surface area contributed by atoms with Crippen LogP contribution in [0.1, 0.15) is 30.4 Å². The van der Waals surface area contributed by atoms with Crippen LogP contribution in [0.15, 0.2) is 67.0 Å². The summed E-state index contributed by atoms with van der Waals surface area (Å²) in [7, 11) is 0. The average molecular weight is 429 g/mol. The number of piperidine rings is 1.